The summed E-state index contributed by atoms with van der Waals surface area (Å²) in [6, 6.07) is 3.33. The van der Waals surface area contributed by atoms with Crippen molar-refractivity contribution >= 4 is 34.6 Å². The van der Waals surface area contributed by atoms with Crippen LogP contribution in [0.5, 0.6) is 0 Å². The predicted molar refractivity (Wildman–Crippen MR) is 97.8 cm³/mol. The van der Waals surface area contributed by atoms with E-state index < -0.39 is 7.60 Å². The summed E-state index contributed by atoms with van der Waals surface area (Å²) >= 11 is 1.40. The number of nitrogens with zero attached hydrogens (tertiary/aromatic N) is 2. The van der Waals surface area contributed by atoms with Gasteiger partial charge in [0.1, 0.15) is 10.7 Å². The summed E-state index contributed by atoms with van der Waals surface area (Å²) in [5.41, 5.74) is 6.72. The Labute approximate surface area is 150 Å². The van der Waals surface area contributed by atoms with E-state index >= 15 is 0 Å². The molecule has 2 N–H and O–H groups in total. The summed E-state index contributed by atoms with van der Waals surface area (Å²) < 4.78 is 34.7. The number of furan rings is 1. The minimum absolute atomic E-state index is 0.172. The molecule has 0 spiro atoms. The van der Waals surface area contributed by atoms with E-state index in [2.05, 4.69) is 9.88 Å². The first-order chi connectivity index (χ1) is 12.1. The molecule has 1 aliphatic heterocycles. The zero-order chi connectivity index (χ0) is 17.9. The summed E-state index contributed by atoms with van der Waals surface area (Å²) in [4.78, 5) is 6.56. The van der Waals surface area contributed by atoms with E-state index in [-0.39, 0.29) is 18.7 Å². The second-order valence-electron chi connectivity index (χ2n) is 5.28. The topological polar surface area (TPSA) is 100 Å². The Morgan fingerprint density at radius 2 is 1.96 bits per heavy atom. The molecular weight excluding hydrogens is 365 g/mol. The number of aromatic nitrogens is 1. The highest BCUT2D eigenvalue weighted by molar-refractivity contribution is 7.61. The maximum atomic E-state index is 12.8. The van der Waals surface area contributed by atoms with Crippen LogP contribution < -0.4 is 16.1 Å². The van der Waals surface area contributed by atoms with Crippen molar-refractivity contribution in [3.8, 4) is 11.5 Å². The molecule has 25 heavy (non-hydrogen) atoms. The zero-order valence-corrected chi connectivity index (χ0v) is 16.0. The van der Waals surface area contributed by atoms with Crippen LogP contribution in [0.15, 0.2) is 16.5 Å². The number of hydrogen-bond donors (Lipinski definition) is 1. The normalized spacial score (nSPS) is 15.7. The Bertz CT molecular complexity index is 746. The van der Waals surface area contributed by atoms with Crippen LogP contribution >= 0.6 is 18.9 Å². The summed E-state index contributed by atoms with van der Waals surface area (Å²) in [6.45, 7) is 6.87. The lowest BCUT2D eigenvalue weighted by atomic mass is 10.3. The Hall–Kier alpha value is -1.38. The molecule has 3 rings (SSSR count). The predicted octanol–water partition coefficient (Wildman–Crippen LogP) is 2.71. The molecule has 2 aromatic heterocycles. The zero-order valence-electron chi connectivity index (χ0n) is 14.3. The quantitative estimate of drug-likeness (QED) is 0.724. The lowest BCUT2D eigenvalue weighted by molar-refractivity contribution is 0.123. The minimum atomic E-state index is -3.47. The molecule has 10 heteroatoms. The number of hydrogen-bond acceptors (Lipinski definition) is 9. The van der Waals surface area contributed by atoms with Gasteiger partial charge in [-0.2, -0.15) is 0 Å². The van der Waals surface area contributed by atoms with E-state index in [1.807, 2.05) is 0 Å². The number of rotatable bonds is 7. The van der Waals surface area contributed by atoms with E-state index in [1.165, 1.54) is 11.3 Å². The van der Waals surface area contributed by atoms with Crippen molar-refractivity contribution in [2.45, 2.75) is 13.8 Å². The van der Waals surface area contributed by atoms with E-state index in [4.69, 9.17) is 23.9 Å². The SMILES string of the molecule is CCOP(=O)(OCC)c1ccc(-c2nc(N)sc2N2CCOCC2)o1. The lowest BCUT2D eigenvalue weighted by Crippen LogP contribution is -2.35. The second kappa shape index (κ2) is 7.88. The molecule has 0 saturated carbocycles. The van der Waals surface area contributed by atoms with Gasteiger partial charge in [0.2, 0.25) is 5.50 Å². The molecule has 0 bridgehead atoms. The van der Waals surface area contributed by atoms with Gasteiger partial charge >= 0.3 is 7.60 Å². The van der Waals surface area contributed by atoms with Gasteiger partial charge in [-0.25, -0.2) is 4.98 Å². The van der Waals surface area contributed by atoms with Crippen LogP contribution in [0.1, 0.15) is 13.8 Å². The molecule has 8 nitrogen and oxygen atoms in total. The molecule has 1 saturated heterocycles. The van der Waals surface area contributed by atoms with Crippen LogP contribution in [-0.4, -0.2) is 44.5 Å². The van der Waals surface area contributed by atoms with Crippen molar-refractivity contribution in [3.63, 3.8) is 0 Å². The van der Waals surface area contributed by atoms with Gasteiger partial charge in [0, 0.05) is 13.1 Å². The first kappa shape index (κ1) is 18.4. The summed E-state index contributed by atoms with van der Waals surface area (Å²) in [7, 11) is -3.47. The van der Waals surface area contributed by atoms with Crippen LogP contribution in [0.2, 0.25) is 0 Å². The van der Waals surface area contributed by atoms with Gasteiger partial charge in [0.05, 0.1) is 26.4 Å². The Kier molecular flexibility index (Phi) is 5.81. The van der Waals surface area contributed by atoms with Crippen molar-refractivity contribution in [3.05, 3.63) is 12.1 Å². The van der Waals surface area contributed by atoms with E-state index in [0.717, 1.165) is 18.1 Å². The number of ether oxygens (including phenoxy) is 1. The van der Waals surface area contributed by atoms with Gasteiger partial charge in [-0.3, -0.25) is 4.57 Å². The van der Waals surface area contributed by atoms with Crippen LogP contribution in [0.4, 0.5) is 10.1 Å². The van der Waals surface area contributed by atoms with Gasteiger partial charge in [-0.05, 0) is 26.0 Å². The van der Waals surface area contributed by atoms with E-state index in [1.54, 1.807) is 26.0 Å². The molecule has 0 amide bonds. The number of anilines is 2. The average Bonchev–Trinajstić information content (AvgIpc) is 3.23. The standard InChI is InChI=1S/C15H22N3O5PS/c1-3-21-24(19,22-4-2)12-6-5-11(23-12)13-14(25-15(16)17-13)18-7-9-20-10-8-18/h5-6H,3-4,7-10H2,1-2H3,(H2,16,17). The van der Waals surface area contributed by atoms with Crippen LogP contribution in [0.3, 0.4) is 0 Å². The molecule has 0 aromatic carbocycles. The average molecular weight is 387 g/mol. The number of nitrogens with two attached hydrogens (primary N) is 1. The highest BCUT2D eigenvalue weighted by Gasteiger charge is 2.32. The molecule has 0 unspecified atom stereocenters. The number of nitrogen functional groups attached to an aromatic ring is 1. The molecule has 0 aliphatic carbocycles. The molecule has 0 radical (unpaired) electrons. The summed E-state index contributed by atoms with van der Waals surface area (Å²) in [6.07, 6.45) is 0. The molecule has 0 atom stereocenters. The summed E-state index contributed by atoms with van der Waals surface area (Å²) in [5, 5.41) is 1.37. The van der Waals surface area contributed by atoms with Crippen molar-refractivity contribution in [1.29, 1.82) is 0 Å². The van der Waals surface area contributed by atoms with Crippen molar-refractivity contribution < 1.29 is 22.8 Å². The van der Waals surface area contributed by atoms with Gasteiger partial charge in [0.25, 0.3) is 0 Å². The third-order valence-corrected chi connectivity index (χ3v) is 6.54. The highest BCUT2D eigenvalue weighted by atomic mass is 32.1. The van der Waals surface area contributed by atoms with Crippen molar-refractivity contribution in [2.75, 3.05) is 50.2 Å². The third kappa shape index (κ3) is 3.91. The number of thiazole rings is 1. The molecule has 3 heterocycles. The fraction of sp³-hybridized carbons (Fsp3) is 0.533. The minimum Gasteiger partial charge on any atom is -0.446 e. The van der Waals surface area contributed by atoms with Crippen LogP contribution in [0, 0.1) is 0 Å². The van der Waals surface area contributed by atoms with Crippen LogP contribution in [0.25, 0.3) is 11.5 Å². The van der Waals surface area contributed by atoms with Gasteiger partial charge in [-0.1, -0.05) is 11.3 Å². The van der Waals surface area contributed by atoms with E-state index in [0.29, 0.717) is 29.8 Å². The van der Waals surface area contributed by atoms with Gasteiger partial charge in [0.15, 0.2) is 10.9 Å². The monoisotopic (exact) mass is 387 g/mol. The number of morpholine rings is 1. The fourth-order valence-corrected chi connectivity index (χ4v) is 4.94. The lowest BCUT2D eigenvalue weighted by Gasteiger charge is -2.27. The maximum absolute atomic E-state index is 12.8. The molecule has 138 valence electrons. The molecular formula is C15H22N3O5PS. The first-order valence-corrected chi connectivity index (χ1v) is 10.5. The van der Waals surface area contributed by atoms with E-state index in [9.17, 15) is 4.57 Å². The first-order valence-electron chi connectivity index (χ1n) is 8.16. The summed E-state index contributed by atoms with van der Waals surface area (Å²) in [5.74, 6) is 0.490. The maximum Gasteiger partial charge on any atom is 0.396 e. The Balaban J connectivity index is 1.93. The Morgan fingerprint density at radius 1 is 1.28 bits per heavy atom. The van der Waals surface area contributed by atoms with Gasteiger partial charge < -0.3 is 28.8 Å². The van der Waals surface area contributed by atoms with Crippen LogP contribution in [-0.2, 0) is 18.3 Å². The Morgan fingerprint density at radius 3 is 2.60 bits per heavy atom. The third-order valence-electron chi connectivity index (χ3n) is 3.62. The highest BCUT2D eigenvalue weighted by Crippen LogP contribution is 2.48. The molecule has 1 aliphatic rings. The van der Waals surface area contributed by atoms with Gasteiger partial charge in [-0.15, -0.1) is 0 Å². The van der Waals surface area contributed by atoms with Crippen molar-refractivity contribution in [1.82, 2.24) is 4.98 Å². The van der Waals surface area contributed by atoms with Crippen molar-refractivity contribution in [2.24, 2.45) is 0 Å². The largest absolute Gasteiger partial charge is 0.446 e. The fourth-order valence-electron chi connectivity index (χ4n) is 2.58. The second-order valence-corrected chi connectivity index (χ2v) is 8.24. The molecule has 2 aromatic rings. The smallest absolute Gasteiger partial charge is 0.396 e. The molecule has 1 fully saturated rings.